The highest BCUT2D eigenvalue weighted by Gasteiger charge is 2.34. The Hall–Kier alpha value is -5.09. The van der Waals surface area contributed by atoms with Crippen molar-refractivity contribution in [3.05, 3.63) is 112 Å². The van der Waals surface area contributed by atoms with Crippen molar-refractivity contribution >= 4 is 46.5 Å². The Morgan fingerprint density at radius 3 is 2.37 bits per heavy atom. The van der Waals surface area contributed by atoms with E-state index in [9.17, 15) is 24.6 Å². The highest BCUT2D eigenvalue weighted by Crippen LogP contribution is 2.36. The number of methoxy groups -OCH3 is 1. The van der Waals surface area contributed by atoms with Gasteiger partial charge in [0.2, 0.25) is 0 Å². The van der Waals surface area contributed by atoms with Crippen LogP contribution >= 0.6 is 11.8 Å². The second-order valence-electron chi connectivity index (χ2n) is 9.08. The lowest BCUT2D eigenvalue weighted by Gasteiger charge is -2.16. The van der Waals surface area contributed by atoms with Crippen LogP contribution in [0.4, 0.5) is 5.69 Å². The predicted molar refractivity (Wildman–Crippen MR) is 155 cm³/mol. The van der Waals surface area contributed by atoms with E-state index in [4.69, 9.17) is 14.1 Å². The molecular formula is C31H24N2O7S. The number of carbonyl (C=O) groups excluding carboxylic acids is 1. The molecule has 0 radical (unpaired) electrons. The lowest BCUT2D eigenvalue weighted by atomic mass is 10.0. The molecule has 0 unspecified atom stereocenters. The van der Waals surface area contributed by atoms with Crippen LogP contribution in [0.1, 0.15) is 37.6 Å². The Labute approximate surface area is 239 Å². The van der Waals surface area contributed by atoms with E-state index in [-0.39, 0.29) is 23.6 Å². The van der Waals surface area contributed by atoms with E-state index < -0.39 is 11.9 Å². The number of carboxylic acid groups (broad SMARTS) is 2. The van der Waals surface area contributed by atoms with E-state index in [2.05, 4.69) is 0 Å². The van der Waals surface area contributed by atoms with Crippen molar-refractivity contribution in [3.63, 3.8) is 0 Å². The fraction of sp³-hybridized carbons (Fsp3) is 0.0968. The first-order valence-electron chi connectivity index (χ1n) is 12.4. The first-order chi connectivity index (χ1) is 19.7. The Morgan fingerprint density at radius 1 is 0.976 bits per heavy atom. The van der Waals surface area contributed by atoms with Gasteiger partial charge in [0.25, 0.3) is 5.91 Å². The third-order valence-corrected chi connectivity index (χ3v) is 7.46. The maximum absolute atomic E-state index is 13.6. The molecule has 1 aliphatic heterocycles. The van der Waals surface area contributed by atoms with Crippen molar-refractivity contribution in [2.24, 2.45) is 4.99 Å². The summed E-state index contributed by atoms with van der Waals surface area (Å²) < 4.78 is 11.2. The minimum Gasteiger partial charge on any atom is -0.497 e. The molecule has 0 atom stereocenters. The van der Waals surface area contributed by atoms with Crippen molar-refractivity contribution in [2.45, 2.75) is 13.5 Å². The fourth-order valence-electron chi connectivity index (χ4n) is 4.27. The quantitative estimate of drug-likeness (QED) is 0.232. The molecule has 2 heterocycles. The van der Waals surface area contributed by atoms with Gasteiger partial charge in [0.1, 0.15) is 17.3 Å². The molecular weight excluding hydrogens is 544 g/mol. The summed E-state index contributed by atoms with van der Waals surface area (Å²) >= 11 is 1.19. The van der Waals surface area contributed by atoms with Gasteiger partial charge in [0, 0.05) is 11.6 Å². The van der Waals surface area contributed by atoms with Crippen LogP contribution in [0.5, 0.6) is 5.75 Å². The van der Waals surface area contributed by atoms with E-state index in [1.54, 1.807) is 80.8 Å². The Morgan fingerprint density at radius 2 is 1.71 bits per heavy atom. The maximum Gasteiger partial charge on any atom is 0.335 e. The number of thioether (sulfide) groups is 1. The third-order valence-electron chi connectivity index (χ3n) is 6.46. The third kappa shape index (κ3) is 5.92. The van der Waals surface area contributed by atoms with Gasteiger partial charge in [-0.3, -0.25) is 9.69 Å². The van der Waals surface area contributed by atoms with Gasteiger partial charge in [-0.2, -0.15) is 0 Å². The van der Waals surface area contributed by atoms with E-state index in [1.807, 2.05) is 0 Å². The van der Waals surface area contributed by atoms with Gasteiger partial charge in [0.15, 0.2) is 5.17 Å². The summed E-state index contributed by atoms with van der Waals surface area (Å²) in [7, 11) is 1.57. The molecule has 0 aliphatic carbocycles. The van der Waals surface area contributed by atoms with Crippen molar-refractivity contribution in [3.8, 4) is 17.1 Å². The van der Waals surface area contributed by atoms with E-state index in [0.29, 0.717) is 44.2 Å². The molecule has 206 valence electrons. The van der Waals surface area contributed by atoms with Crippen LogP contribution in [0.3, 0.4) is 0 Å². The van der Waals surface area contributed by atoms with Crippen molar-refractivity contribution < 1.29 is 33.8 Å². The summed E-state index contributed by atoms with van der Waals surface area (Å²) in [4.78, 5) is 43.0. The van der Waals surface area contributed by atoms with Crippen LogP contribution in [0, 0.1) is 6.92 Å². The van der Waals surface area contributed by atoms with Crippen molar-refractivity contribution in [1.29, 1.82) is 0 Å². The Bertz CT molecular complexity index is 1700. The molecule has 1 fully saturated rings. The average Bonchev–Trinajstić information content (AvgIpc) is 3.54. The smallest absolute Gasteiger partial charge is 0.335 e. The lowest BCUT2D eigenvalue weighted by molar-refractivity contribution is -0.122. The summed E-state index contributed by atoms with van der Waals surface area (Å²) in [6.45, 7) is 1.90. The number of carboxylic acids is 2. The standard InChI is InChI=1S/C31H24N2O7S/c1-18-24(4-3-5-25(18)30(37)38)26-15-14-23(40-26)16-27-28(34)33(17-19-6-8-20(9-7-19)29(35)36)31(41-27)32-21-10-12-22(39-2)13-11-21/h3-16H,17H2,1-2H3,(H,35,36)(H,37,38)/b27-16-,32-31?. The summed E-state index contributed by atoms with van der Waals surface area (Å²) in [5, 5.41) is 19.1. The predicted octanol–water partition coefficient (Wildman–Crippen LogP) is 6.46. The molecule has 1 aliphatic rings. The number of furan rings is 1. The van der Waals surface area contributed by atoms with Gasteiger partial charge in [-0.05, 0) is 84.4 Å². The molecule has 0 bridgehead atoms. The molecule has 9 nitrogen and oxygen atoms in total. The van der Waals surface area contributed by atoms with Crippen molar-refractivity contribution in [1.82, 2.24) is 4.90 Å². The number of amides is 1. The molecule has 2 N–H and O–H groups in total. The van der Waals surface area contributed by atoms with Crippen LogP contribution in [0.2, 0.25) is 0 Å². The maximum atomic E-state index is 13.6. The normalized spacial score (nSPS) is 15.1. The van der Waals surface area contributed by atoms with Crippen LogP contribution in [-0.4, -0.2) is 45.2 Å². The second-order valence-corrected chi connectivity index (χ2v) is 10.1. The molecule has 1 saturated heterocycles. The molecule has 10 heteroatoms. The van der Waals surface area contributed by atoms with E-state index >= 15 is 0 Å². The van der Waals surface area contributed by atoms with Crippen molar-refractivity contribution in [2.75, 3.05) is 7.11 Å². The highest BCUT2D eigenvalue weighted by molar-refractivity contribution is 8.18. The summed E-state index contributed by atoms with van der Waals surface area (Å²) in [6.07, 6.45) is 1.63. The molecule has 41 heavy (non-hydrogen) atoms. The molecule has 1 amide bonds. The highest BCUT2D eigenvalue weighted by atomic mass is 32.2. The SMILES string of the molecule is COc1ccc(N=C2S/C(=C\c3ccc(-c4cccc(C(=O)O)c4C)o3)C(=O)N2Cc2ccc(C(=O)O)cc2)cc1. The summed E-state index contributed by atoms with van der Waals surface area (Å²) in [5.41, 5.74) is 2.93. The number of aromatic carboxylic acids is 2. The van der Waals surface area contributed by atoms with Gasteiger partial charge in [-0.15, -0.1) is 0 Å². The van der Waals surface area contributed by atoms with Crippen LogP contribution in [0.15, 0.2) is 93.2 Å². The minimum atomic E-state index is -1.03. The monoisotopic (exact) mass is 568 g/mol. The molecule has 3 aromatic carbocycles. The number of hydrogen-bond donors (Lipinski definition) is 2. The van der Waals surface area contributed by atoms with E-state index in [1.165, 1.54) is 34.9 Å². The number of hydrogen-bond acceptors (Lipinski definition) is 7. The summed E-state index contributed by atoms with van der Waals surface area (Å²) in [6, 6.07) is 21.9. The van der Waals surface area contributed by atoms with Gasteiger partial charge in [-0.1, -0.05) is 24.3 Å². The Kier molecular flexibility index (Phi) is 7.75. The first kappa shape index (κ1) is 27.5. The minimum absolute atomic E-state index is 0.154. The van der Waals surface area contributed by atoms with Crippen LogP contribution in [0.25, 0.3) is 17.4 Å². The molecule has 5 rings (SSSR count). The number of aliphatic imine (C=N–C) groups is 1. The molecule has 0 saturated carbocycles. The largest absolute Gasteiger partial charge is 0.497 e. The topological polar surface area (TPSA) is 130 Å². The number of amidine groups is 1. The zero-order valence-electron chi connectivity index (χ0n) is 22.0. The number of carbonyl (C=O) groups is 3. The molecule has 4 aromatic rings. The van der Waals surface area contributed by atoms with Crippen LogP contribution < -0.4 is 4.74 Å². The van der Waals surface area contributed by atoms with Crippen LogP contribution in [-0.2, 0) is 11.3 Å². The van der Waals surface area contributed by atoms with Gasteiger partial charge in [0.05, 0.1) is 35.4 Å². The number of ether oxygens (including phenoxy) is 1. The number of nitrogens with zero attached hydrogens (tertiary/aromatic N) is 2. The number of benzene rings is 3. The second kappa shape index (κ2) is 11.6. The van der Waals surface area contributed by atoms with E-state index in [0.717, 1.165) is 5.56 Å². The zero-order chi connectivity index (χ0) is 29.1. The van der Waals surface area contributed by atoms with Gasteiger partial charge in [-0.25, -0.2) is 14.6 Å². The average molecular weight is 569 g/mol. The summed E-state index contributed by atoms with van der Waals surface area (Å²) in [5.74, 6) is -0.751. The molecule has 0 spiro atoms. The lowest BCUT2D eigenvalue weighted by Crippen LogP contribution is -2.28. The Balaban J connectivity index is 1.47. The number of rotatable bonds is 8. The first-order valence-corrected chi connectivity index (χ1v) is 13.2. The molecule has 1 aromatic heterocycles. The fourth-order valence-corrected chi connectivity index (χ4v) is 5.25. The zero-order valence-corrected chi connectivity index (χ0v) is 22.8. The van der Waals surface area contributed by atoms with Gasteiger partial charge < -0.3 is 19.4 Å². The van der Waals surface area contributed by atoms with Gasteiger partial charge >= 0.3 is 11.9 Å².